The van der Waals surface area contributed by atoms with Gasteiger partial charge in [0.1, 0.15) is 11.4 Å². The van der Waals surface area contributed by atoms with Crippen molar-refractivity contribution in [3.63, 3.8) is 0 Å². The number of amides is 1. The Kier molecular flexibility index (Phi) is 4.23. The van der Waals surface area contributed by atoms with Crippen LogP contribution in [0, 0.1) is 5.41 Å². The highest BCUT2D eigenvalue weighted by molar-refractivity contribution is 7.93. The predicted molar refractivity (Wildman–Crippen MR) is 83.1 cm³/mol. The second-order valence-corrected chi connectivity index (χ2v) is 10.4. The lowest BCUT2D eigenvalue weighted by Gasteiger charge is -2.36. The zero-order valence-corrected chi connectivity index (χ0v) is 15.5. The molecule has 0 saturated carbocycles. The van der Waals surface area contributed by atoms with Crippen molar-refractivity contribution in [3.05, 3.63) is 0 Å². The van der Waals surface area contributed by atoms with Crippen LogP contribution in [0.4, 0.5) is 0 Å². The first-order valence-corrected chi connectivity index (χ1v) is 9.22. The second-order valence-electron chi connectivity index (χ2n) is 7.67. The number of esters is 2. The quantitative estimate of drug-likeness (QED) is 0.411. The van der Waals surface area contributed by atoms with Crippen molar-refractivity contribution in [1.29, 1.82) is 0 Å². The van der Waals surface area contributed by atoms with E-state index in [1.54, 1.807) is 20.8 Å². The van der Waals surface area contributed by atoms with E-state index in [9.17, 15) is 22.8 Å². The first-order valence-electron chi connectivity index (χ1n) is 7.67. The molecule has 1 unspecified atom stereocenters. The average Bonchev–Trinajstić information content (AvgIpc) is 2.51. The molecule has 3 atom stereocenters. The van der Waals surface area contributed by atoms with Gasteiger partial charge in [0.2, 0.25) is 12.2 Å². The van der Waals surface area contributed by atoms with Crippen LogP contribution in [-0.4, -0.2) is 53.6 Å². The van der Waals surface area contributed by atoms with Crippen LogP contribution in [0.1, 0.15) is 48.0 Å². The molecule has 0 aliphatic carbocycles. The predicted octanol–water partition coefficient (Wildman–Crippen LogP) is 0.599. The van der Waals surface area contributed by atoms with E-state index >= 15 is 0 Å². The first kappa shape index (κ1) is 18.7. The minimum atomic E-state index is -3.68. The van der Waals surface area contributed by atoms with E-state index in [0.717, 1.165) is 4.90 Å². The molecule has 2 fully saturated rings. The second kappa shape index (κ2) is 5.44. The maximum Gasteiger partial charge on any atom is 0.333 e. The van der Waals surface area contributed by atoms with Crippen LogP contribution in [0.25, 0.3) is 0 Å². The molecule has 0 bridgehead atoms. The van der Waals surface area contributed by atoms with Gasteiger partial charge < -0.3 is 14.4 Å². The molecule has 1 amide bonds. The number of hydrogen-bond donors (Lipinski definition) is 0. The molecule has 0 N–H and O–H groups in total. The number of rotatable bonds is 3. The molecule has 0 aromatic heterocycles. The zero-order valence-electron chi connectivity index (χ0n) is 14.7. The molecule has 2 saturated heterocycles. The van der Waals surface area contributed by atoms with Gasteiger partial charge in [0.25, 0.3) is 0 Å². The number of hydrogen-bond acceptors (Lipinski definition) is 7. The van der Waals surface area contributed by atoms with Crippen molar-refractivity contribution < 1.29 is 32.3 Å². The van der Waals surface area contributed by atoms with Gasteiger partial charge >= 0.3 is 11.9 Å². The summed E-state index contributed by atoms with van der Waals surface area (Å²) in [6.45, 7) is 9.12. The van der Waals surface area contributed by atoms with E-state index in [-0.39, 0.29) is 6.42 Å². The van der Waals surface area contributed by atoms with Crippen molar-refractivity contribution in [1.82, 2.24) is 4.90 Å². The summed E-state index contributed by atoms with van der Waals surface area (Å²) < 4.78 is 33.6. The maximum atomic E-state index is 12.5. The van der Waals surface area contributed by atoms with Gasteiger partial charge in [-0.15, -0.1) is 0 Å². The van der Waals surface area contributed by atoms with E-state index in [4.69, 9.17) is 9.47 Å². The van der Waals surface area contributed by atoms with E-state index < -0.39 is 55.6 Å². The Hall–Kier alpha value is -1.64. The Morgan fingerprint density at radius 2 is 1.79 bits per heavy atom. The molecule has 2 rings (SSSR count). The number of fused-ring (bicyclic) bond motifs is 1. The molecule has 2 heterocycles. The Labute approximate surface area is 141 Å². The van der Waals surface area contributed by atoms with Crippen molar-refractivity contribution >= 4 is 27.7 Å². The number of carbonyl (C=O) groups excluding carboxylic acids is 3. The summed E-state index contributed by atoms with van der Waals surface area (Å²) in [5.74, 6) is -1.86. The standard InChI is InChI=1S/C15H23NO7S/c1-8(23-13(19)14(2,3)4)22-12(18)11-15(5,6)24(20,21)10-7-9(17)16(10)11/h8,10-11H,7H2,1-6H3/t8?,10-,11+/m1/s1. The topological polar surface area (TPSA) is 107 Å². The smallest absolute Gasteiger partial charge is 0.333 e. The Bertz CT molecular complexity index is 689. The van der Waals surface area contributed by atoms with E-state index in [2.05, 4.69) is 0 Å². The third kappa shape index (κ3) is 2.68. The summed E-state index contributed by atoms with van der Waals surface area (Å²) >= 11 is 0. The number of nitrogens with zero attached hydrogens (tertiary/aromatic N) is 1. The van der Waals surface area contributed by atoms with Gasteiger partial charge in [-0.3, -0.25) is 9.59 Å². The van der Waals surface area contributed by atoms with Gasteiger partial charge in [-0.05, 0) is 34.6 Å². The molecule has 8 nitrogen and oxygen atoms in total. The van der Waals surface area contributed by atoms with Crippen LogP contribution in [0.2, 0.25) is 0 Å². The number of sulfone groups is 1. The lowest BCUT2D eigenvalue weighted by atomic mass is 9.97. The summed E-state index contributed by atoms with van der Waals surface area (Å²) in [5.41, 5.74) is -0.769. The molecule has 9 heteroatoms. The first-order chi connectivity index (χ1) is 10.7. The van der Waals surface area contributed by atoms with Crippen LogP contribution in [0.5, 0.6) is 0 Å². The molecule has 0 spiro atoms. The third-order valence-electron chi connectivity index (χ3n) is 4.37. The summed E-state index contributed by atoms with van der Waals surface area (Å²) in [4.78, 5) is 37.1. The molecular formula is C15H23NO7S. The molecule has 0 radical (unpaired) electrons. The van der Waals surface area contributed by atoms with Gasteiger partial charge in [0.05, 0.1) is 16.6 Å². The highest BCUT2D eigenvalue weighted by Crippen LogP contribution is 2.46. The SMILES string of the molecule is CC(OC(=O)[C@@H]1N2C(=O)C[C@H]2S(=O)(=O)C1(C)C)OC(=O)C(C)(C)C. The van der Waals surface area contributed by atoms with E-state index in [1.807, 2.05) is 0 Å². The lowest BCUT2D eigenvalue weighted by molar-refractivity contribution is -0.195. The van der Waals surface area contributed by atoms with Gasteiger partial charge in [-0.1, -0.05) is 0 Å². The average molecular weight is 361 g/mol. The largest absolute Gasteiger partial charge is 0.425 e. The molecule has 24 heavy (non-hydrogen) atoms. The van der Waals surface area contributed by atoms with Crippen LogP contribution >= 0.6 is 0 Å². The normalized spacial score (nSPS) is 28.6. The van der Waals surface area contributed by atoms with Gasteiger partial charge in [-0.2, -0.15) is 0 Å². The molecule has 2 aliphatic heterocycles. The molecule has 2 aliphatic rings. The van der Waals surface area contributed by atoms with Crippen LogP contribution < -0.4 is 0 Å². The molecular weight excluding hydrogens is 338 g/mol. The summed E-state index contributed by atoms with van der Waals surface area (Å²) in [6, 6.07) is -1.25. The number of β-lactam (4-membered cyclic amide) rings is 1. The fourth-order valence-electron chi connectivity index (χ4n) is 2.79. The van der Waals surface area contributed by atoms with E-state index in [0.29, 0.717) is 0 Å². The van der Waals surface area contributed by atoms with Gasteiger partial charge in [-0.25, -0.2) is 13.2 Å². The van der Waals surface area contributed by atoms with Crippen LogP contribution in [-0.2, 0) is 33.7 Å². The van der Waals surface area contributed by atoms with Crippen molar-refractivity contribution in [2.75, 3.05) is 0 Å². The zero-order chi connectivity index (χ0) is 18.7. The molecule has 0 aromatic rings. The highest BCUT2D eigenvalue weighted by Gasteiger charge is 2.68. The lowest BCUT2D eigenvalue weighted by Crippen LogP contribution is -2.57. The maximum absolute atomic E-state index is 12.5. The monoisotopic (exact) mass is 361 g/mol. The third-order valence-corrected chi connectivity index (χ3v) is 7.17. The number of ether oxygens (including phenoxy) is 2. The molecule has 136 valence electrons. The summed E-state index contributed by atoms with van der Waals surface area (Å²) in [6.07, 6.45) is -1.30. The van der Waals surface area contributed by atoms with Crippen molar-refractivity contribution in [3.8, 4) is 0 Å². The fraction of sp³-hybridized carbons (Fsp3) is 0.800. The van der Waals surface area contributed by atoms with Crippen LogP contribution in [0.3, 0.4) is 0 Å². The van der Waals surface area contributed by atoms with Crippen LogP contribution in [0.15, 0.2) is 0 Å². The molecule has 0 aromatic carbocycles. The Morgan fingerprint density at radius 3 is 2.25 bits per heavy atom. The van der Waals surface area contributed by atoms with Crippen molar-refractivity contribution in [2.24, 2.45) is 5.41 Å². The minimum Gasteiger partial charge on any atom is -0.425 e. The van der Waals surface area contributed by atoms with Crippen molar-refractivity contribution in [2.45, 2.75) is 70.4 Å². The Morgan fingerprint density at radius 1 is 1.25 bits per heavy atom. The van der Waals surface area contributed by atoms with Gasteiger partial charge in [0.15, 0.2) is 9.84 Å². The fourth-order valence-corrected chi connectivity index (χ4v) is 4.91. The number of carbonyl (C=O) groups is 3. The Balaban J connectivity index is 2.15. The minimum absolute atomic E-state index is 0.121. The van der Waals surface area contributed by atoms with Gasteiger partial charge in [0, 0.05) is 6.92 Å². The highest BCUT2D eigenvalue weighted by atomic mass is 32.2. The summed E-state index contributed by atoms with van der Waals surface area (Å²) in [7, 11) is -3.68. The van der Waals surface area contributed by atoms with E-state index in [1.165, 1.54) is 20.8 Å². The summed E-state index contributed by atoms with van der Waals surface area (Å²) in [5, 5.41) is -0.981.